The van der Waals surface area contributed by atoms with Crippen LogP contribution in [0.15, 0.2) is 48.8 Å². The van der Waals surface area contributed by atoms with Crippen LogP contribution in [0.3, 0.4) is 0 Å². The van der Waals surface area contributed by atoms with Gasteiger partial charge in [-0.2, -0.15) is 15.1 Å². The van der Waals surface area contributed by atoms with Crippen molar-refractivity contribution in [1.29, 1.82) is 0 Å². The van der Waals surface area contributed by atoms with Crippen LogP contribution in [0.25, 0.3) is 21.9 Å². The van der Waals surface area contributed by atoms with Crippen molar-refractivity contribution < 1.29 is 27.9 Å². The molecule has 0 amide bonds. The summed E-state index contributed by atoms with van der Waals surface area (Å²) in [7, 11) is -2.37. The molecule has 224 valence electrons. The van der Waals surface area contributed by atoms with Crippen molar-refractivity contribution in [3.05, 3.63) is 48.8 Å². The van der Waals surface area contributed by atoms with Crippen LogP contribution in [0, 0.1) is 5.92 Å². The summed E-state index contributed by atoms with van der Waals surface area (Å²) in [4.78, 5) is 25.6. The lowest BCUT2D eigenvalue weighted by Gasteiger charge is -2.25. The van der Waals surface area contributed by atoms with Crippen LogP contribution in [0.1, 0.15) is 40.3 Å². The number of esters is 1. The largest absolute Gasteiger partial charge is 0.462 e. The van der Waals surface area contributed by atoms with Gasteiger partial charge in [0.05, 0.1) is 25.1 Å². The smallest absolute Gasteiger partial charge is 0.459 e. The van der Waals surface area contributed by atoms with Gasteiger partial charge in [-0.3, -0.25) is 13.9 Å². The Morgan fingerprint density at radius 1 is 1.19 bits per heavy atom. The minimum atomic E-state index is -4.10. The van der Waals surface area contributed by atoms with Crippen LogP contribution in [0.4, 0.5) is 11.8 Å². The summed E-state index contributed by atoms with van der Waals surface area (Å²) >= 11 is 0. The number of carbonyl (C=O) groups is 1. The van der Waals surface area contributed by atoms with Crippen molar-refractivity contribution in [1.82, 2.24) is 24.6 Å². The fourth-order valence-electron chi connectivity index (χ4n) is 4.96. The summed E-state index contributed by atoms with van der Waals surface area (Å²) in [6, 6.07) is 12.0. The molecule has 1 fully saturated rings. The van der Waals surface area contributed by atoms with Crippen LogP contribution in [-0.2, 0) is 23.4 Å². The Labute approximate surface area is 243 Å². The van der Waals surface area contributed by atoms with Crippen molar-refractivity contribution in [2.24, 2.45) is 5.92 Å². The Morgan fingerprint density at radius 2 is 1.95 bits per heavy atom. The van der Waals surface area contributed by atoms with E-state index in [0.717, 1.165) is 10.8 Å². The van der Waals surface area contributed by atoms with Gasteiger partial charge in [0.2, 0.25) is 5.95 Å². The molecule has 2 aromatic carbocycles. The maximum Gasteiger partial charge on any atom is 0.459 e. The zero-order valence-corrected chi connectivity index (χ0v) is 25.1. The number of imidazole rings is 1. The summed E-state index contributed by atoms with van der Waals surface area (Å²) in [6.07, 6.45) is 1.05. The quantitative estimate of drug-likeness (QED) is 0.162. The summed E-state index contributed by atoms with van der Waals surface area (Å²) in [5.74, 6) is 0.451. The van der Waals surface area contributed by atoms with Gasteiger partial charge in [-0.15, -0.1) is 0 Å². The fraction of sp³-hybridized carbons (Fsp3) is 0.429. The Bertz CT molecular complexity index is 1620. The molecule has 1 saturated heterocycles. The highest BCUT2D eigenvalue weighted by atomic mass is 31.2. The number of aromatic nitrogens is 4. The van der Waals surface area contributed by atoms with Crippen molar-refractivity contribution in [3.63, 3.8) is 0 Å². The number of hydrogen-bond donors (Lipinski definition) is 3. The number of nitrogen functional groups attached to an aromatic ring is 1. The van der Waals surface area contributed by atoms with Crippen molar-refractivity contribution >= 4 is 47.4 Å². The normalized spacial score (nSPS) is 21.0. The predicted molar refractivity (Wildman–Crippen MR) is 159 cm³/mol. The van der Waals surface area contributed by atoms with E-state index in [4.69, 9.17) is 24.3 Å². The zero-order valence-electron chi connectivity index (χ0n) is 24.2. The molecule has 0 spiro atoms. The number of anilines is 2. The summed E-state index contributed by atoms with van der Waals surface area (Å²) < 4.78 is 39.6. The topological polar surface area (TPSA) is 165 Å². The van der Waals surface area contributed by atoms with E-state index in [2.05, 4.69) is 25.4 Å². The van der Waals surface area contributed by atoms with Gasteiger partial charge in [0, 0.05) is 18.4 Å². The molecule has 2 aromatic heterocycles. The number of benzene rings is 2. The third-order valence-electron chi connectivity index (χ3n) is 6.86. The number of carbonyl (C=O) groups excluding carboxylic acids is 1. The van der Waals surface area contributed by atoms with Gasteiger partial charge in [-0.25, -0.2) is 9.55 Å². The van der Waals surface area contributed by atoms with E-state index in [1.165, 1.54) is 0 Å². The first kappa shape index (κ1) is 29.7. The number of hydrogen-bond acceptors (Lipinski definition) is 11. The molecule has 0 aliphatic carbocycles. The Balaban J connectivity index is 1.36. The van der Waals surface area contributed by atoms with E-state index in [1.54, 1.807) is 46.3 Å². The molecule has 4 aromatic rings. The Kier molecular flexibility index (Phi) is 8.65. The first-order valence-corrected chi connectivity index (χ1v) is 15.3. The van der Waals surface area contributed by atoms with Gasteiger partial charge in [-0.1, -0.05) is 43.3 Å². The van der Waals surface area contributed by atoms with E-state index in [0.29, 0.717) is 29.2 Å². The first-order valence-electron chi connectivity index (χ1n) is 13.8. The van der Waals surface area contributed by atoms with E-state index in [-0.39, 0.29) is 24.6 Å². The highest BCUT2D eigenvalue weighted by Gasteiger charge is 2.39. The maximum absolute atomic E-state index is 14.2. The number of fused-ring (bicyclic) bond motifs is 2. The lowest BCUT2D eigenvalue weighted by molar-refractivity contribution is -0.149. The number of nitrogens with zero attached hydrogens (tertiary/aromatic N) is 4. The predicted octanol–water partition coefficient (Wildman–Crippen LogP) is 4.66. The molecule has 4 N–H and O–H groups in total. The van der Waals surface area contributed by atoms with Gasteiger partial charge < -0.3 is 25.0 Å². The number of nitrogens with one attached hydrogen (secondary N) is 2. The number of ether oxygens (including phenoxy) is 2. The molecule has 0 saturated carbocycles. The van der Waals surface area contributed by atoms with Gasteiger partial charge in [0.1, 0.15) is 18.0 Å². The molecule has 0 bridgehead atoms. The summed E-state index contributed by atoms with van der Waals surface area (Å²) in [5, 5.41) is 7.40. The summed E-state index contributed by atoms with van der Waals surface area (Å²) in [5.41, 5.74) is 7.03. The molecule has 1 aliphatic rings. The van der Waals surface area contributed by atoms with Crippen LogP contribution in [0.2, 0.25) is 0 Å². The fourth-order valence-corrected chi connectivity index (χ4v) is 6.50. The third-order valence-corrected chi connectivity index (χ3v) is 8.49. The maximum atomic E-state index is 14.2. The van der Waals surface area contributed by atoms with E-state index in [1.807, 2.05) is 41.8 Å². The molecule has 13 nitrogen and oxygen atoms in total. The standard InChI is InChI=1S/C28H36N7O6P/c1-16(2)39-27(36)18(4)34-42(37,41-22-12-8-10-19-9-6-7-11-21(19)22)38-14-20-13-17(3)26(40-20)35-15-31-23-24(30-5)32-28(29)33-25(23)35/h6-12,15-18,20,26H,13-14H2,1-5H3,(H,34,37)(H3,29,30,32,33)/t17-,18+,20-,26+,42-/m0/s1. The van der Waals surface area contributed by atoms with Gasteiger partial charge >= 0.3 is 13.7 Å². The minimum absolute atomic E-state index is 0.0384. The molecule has 42 heavy (non-hydrogen) atoms. The van der Waals surface area contributed by atoms with Crippen LogP contribution >= 0.6 is 7.75 Å². The number of rotatable bonds is 11. The molecular weight excluding hydrogens is 561 g/mol. The summed E-state index contributed by atoms with van der Waals surface area (Å²) in [6.45, 7) is 7.01. The van der Waals surface area contributed by atoms with Crippen molar-refractivity contribution in [3.8, 4) is 5.75 Å². The Hall–Kier alpha value is -3.77. The highest BCUT2D eigenvalue weighted by molar-refractivity contribution is 7.52. The molecule has 0 radical (unpaired) electrons. The number of nitrogens with two attached hydrogens (primary N) is 1. The minimum Gasteiger partial charge on any atom is -0.462 e. The molecule has 5 rings (SSSR count). The first-order chi connectivity index (χ1) is 20.1. The van der Waals surface area contributed by atoms with Crippen LogP contribution < -0.4 is 20.7 Å². The van der Waals surface area contributed by atoms with E-state index >= 15 is 0 Å². The second-order valence-corrected chi connectivity index (χ2v) is 12.3. The molecule has 5 atom stereocenters. The highest BCUT2D eigenvalue weighted by Crippen LogP contribution is 2.48. The zero-order chi connectivity index (χ0) is 30.0. The molecule has 0 unspecified atom stereocenters. The lowest BCUT2D eigenvalue weighted by atomic mass is 10.1. The van der Waals surface area contributed by atoms with Gasteiger partial charge in [0.25, 0.3) is 0 Å². The van der Waals surface area contributed by atoms with E-state index < -0.39 is 32.1 Å². The molecular formula is C28H36N7O6P. The van der Waals surface area contributed by atoms with Crippen molar-refractivity contribution in [2.75, 3.05) is 24.7 Å². The molecule has 1 aliphatic heterocycles. The van der Waals surface area contributed by atoms with Crippen LogP contribution in [-0.4, -0.2) is 57.4 Å². The lowest BCUT2D eigenvalue weighted by Crippen LogP contribution is -2.36. The SMILES string of the molecule is CNc1nc(N)nc2c1ncn2[C@@H]1O[C@H](CO[P@@](=O)(N[C@H](C)C(=O)OC(C)C)Oc2cccc3ccccc23)C[C@@H]1C. The third kappa shape index (κ3) is 6.34. The van der Waals surface area contributed by atoms with Gasteiger partial charge in [-0.05, 0) is 38.6 Å². The van der Waals surface area contributed by atoms with Crippen LogP contribution in [0.5, 0.6) is 5.75 Å². The van der Waals surface area contributed by atoms with E-state index in [9.17, 15) is 9.36 Å². The average molecular weight is 598 g/mol. The Morgan fingerprint density at radius 3 is 2.71 bits per heavy atom. The molecule has 14 heteroatoms. The van der Waals surface area contributed by atoms with Gasteiger partial charge in [0.15, 0.2) is 17.0 Å². The monoisotopic (exact) mass is 597 g/mol. The average Bonchev–Trinajstić information content (AvgIpc) is 3.53. The van der Waals surface area contributed by atoms with Crippen molar-refractivity contribution in [2.45, 2.75) is 58.6 Å². The second-order valence-electron chi connectivity index (χ2n) is 10.6. The molecule has 3 heterocycles. The second kappa shape index (κ2) is 12.2.